The summed E-state index contributed by atoms with van der Waals surface area (Å²) in [4.78, 5) is 2.39. The predicted molar refractivity (Wildman–Crippen MR) is 107 cm³/mol. The van der Waals surface area contributed by atoms with E-state index in [-0.39, 0.29) is 6.23 Å². The van der Waals surface area contributed by atoms with Crippen LogP contribution in [0.3, 0.4) is 0 Å². The molecule has 1 aliphatic heterocycles. The molecule has 4 nitrogen and oxygen atoms in total. The lowest BCUT2D eigenvalue weighted by atomic mass is 10.1. The Kier molecular flexibility index (Phi) is 5.28. The van der Waals surface area contributed by atoms with Gasteiger partial charge in [0.15, 0.2) is 0 Å². The minimum Gasteiger partial charge on any atom is -0.494 e. The second kappa shape index (κ2) is 7.99. The molecule has 0 spiro atoms. The van der Waals surface area contributed by atoms with Crippen LogP contribution in [0, 0.1) is 6.92 Å². The molecule has 140 valence electrons. The number of ether oxygens (including phenoxy) is 2. The average molecular weight is 362 g/mol. The molecule has 0 bridgehead atoms. The van der Waals surface area contributed by atoms with Crippen LogP contribution in [0.2, 0.25) is 0 Å². The molecule has 4 heteroatoms. The highest BCUT2D eigenvalue weighted by Gasteiger charge is 2.27. The van der Waals surface area contributed by atoms with Crippen LogP contribution >= 0.6 is 0 Å². The molecule has 1 aliphatic rings. The Morgan fingerprint density at radius 3 is 2.56 bits per heavy atom. The third-order valence-electron chi connectivity index (χ3n) is 4.94. The summed E-state index contributed by atoms with van der Waals surface area (Å²) >= 11 is 0. The lowest BCUT2D eigenvalue weighted by Gasteiger charge is -2.22. The molecule has 2 aromatic carbocycles. The first kappa shape index (κ1) is 17.8. The Balaban J connectivity index is 1.48. The predicted octanol–water partition coefficient (Wildman–Crippen LogP) is 4.72. The van der Waals surface area contributed by atoms with Gasteiger partial charge in [0, 0.05) is 36.7 Å². The van der Waals surface area contributed by atoms with Crippen molar-refractivity contribution in [3.05, 3.63) is 83.7 Å². The normalized spacial score (nSPS) is 17.3. The van der Waals surface area contributed by atoms with Gasteiger partial charge in [-0.15, -0.1) is 0 Å². The van der Waals surface area contributed by atoms with E-state index in [1.54, 1.807) is 0 Å². The zero-order chi connectivity index (χ0) is 18.6. The first-order valence-corrected chi connectivity index (χ1v) is 9.55. The first-order valence-electron chi connectivity index (χ1n) is 9.55. The van der Waals surface area contributed by atoms with Crippen molar-refractivity contribution in [2.45, 2.75) is 26.6 Å². The topological polar surface area (TPSA) is 26.6 Å². The van der Waals surface area contributed by atoms with E-state index in [0.717, 1.165) is 31.1 Å². The van der Waals surface area contributed by atoms with Crippen molar-refractivity contribution in [1.29, 1.82) is 0 Å². The van der Waals surface area contributed by atoms with Crippen molar-refractivity contribution in [2.75, 3.05) is 19.8 Å². The van der Waals surface area contributed by atoms with Gasteiger partial charge < -0.3 is 14.0 Å². The minimum absolute atomic E-state index is 0.00949. The zero-order valence-corrected chi connectivity index (χ0v) is 16.0. The van der Waals surface area contributed by atoms with E-state index in [9.17, 15) is 0 Å². The summed E-state index contributed by atoms with van der Waals surface area (Å²) in [6.07, 6.45) is 4.26. The Morgan fingerprint density at radius 2 is 1.81 bits per heavy atom. The second-order valence-corrected chi connectivity index (χ2v) is 6.96. The zero-order valence-electron chi connectivity index (χ0n) is 16.0. The molecule has 0 saturated carbocycles. The van der Waals surface area contributed by atoms with Crippen molar-refractivity contribution in [3.63, 3.8) is 0 Å². The third-order valence-corrected chi connectivity index (χ3v) is 4.94. The standard InChI is InChI=1S/C23H26N2O2/c1-3-26-22-10-8-21(9-11-22)24-13-12-20(17-24)23-25(14-15-27-23)16-19-6-4-18(2)5-7-19/h4-13,17,23H,3,14-16H2,1-2H3/t23-/m0/s1. The second-order valence-electron chi connectivity index (χ2n) is 6.96. The molecule has 0 radical (unpaired) electrons. The van der Waals surface area contributed by atoms with Gasteiger partial charge in [-0.3, -0.25) is 4.90 Å². The highest BCUT2D eigenvalue weighted by atomic mass is 16.5. The number of rotatable bonds is 6. The Bertz CT molecular complexity index is 868. The van der Waals surface area contributed by atoms with Gasteiger partial charge in [0.25, 0.3) is 0 Å². The summed E-state index contributed by atoms with van der Waals surface area (Å²) in [5, 5.41) is 0. The van der Waals surface area contributed by atoms with Gasteiger partial charge in [0.05, 0.1) is 13.2 Å². The summed E-state index contributed by atoms with van der Waals surface area (Å²) in [6.45, 7) is 7.42. The summed E-state index contributed by atoms with van der Waals surface area (Å²) in [5.74, 6) is 0.900. The van der Waals surface area contributed by atoms with E-state index in [1.165, 1.54) is 16.7 Å². The molecule has 1 saturated heterocycles. The van der Waals surface area contributed by atoms with Crippen LogP contribution in [0.25, 0.3) is 5.69 Å². The molecule has 0 unspecified atom stereocenters. The first-order chi connectivity index (χ1) is 13.2. The van der Waals surface area contributed by atoms with E-state index in [4.69, 9.17) is 9.47 Å². The molecule has 1 aromatic heterocycles. The molecule has 2 heterocycles. The maximum Gasteiger partial charge on any atom is 0.138 e. The maximum atomic E-state index is 6.04. The smallest absolute Gasteiger partial charge is 0.138 e. The van der Waals surface area contributed by atoms with Crippen molar-refractivity contribution >= 4 is 0 Å². The number of aromatic nitrogens is 1. The van der Waals surface area contributed by atoms with Gasteiger partial charge in [-0.25, -0.2) is 0 Å². The SMILES string of the molecule is CCOc1ccc(-n2ccc([C@@H]3OCCN3Cc3ccc(C)cc3)c2)cc1. The highest BCUT2D eigenvalue weighted by Crippen LogP contribution is 2.29. The third kappa shape index (κ3) is 4.07. The van der Waals surface area contributed by atoms with Crippen molar-refractivity contribution in [2.24, 2.45) is 0 Å². The van der Waals surface area contributed by atoms with E-state index >= 15 is 0 Å². The van der Waals surface area contributed by atoms with Crippen LogP contribution in [-0.4, -0.2) is 29.2 Å². The quantitative estimate of drug-likeness (QED) is 0.635. The Morgan fingerprint density at radius 1 is 1.04 bits per heavy atom. The van der Waals surface area contributed by atoms with E-state index in [0.29, 0.717) is 6.61 Å². The molecule has 27 heavy (non-hydrogen) atoms. The van der Waals surface area contributed by atoms with Crippen LogP contribution in [0.5, 0.6) is 5.75 Å². The van der Waals surface area contributed by atoms with Crippen LogP contribution in [0.15, 0.2) is 67.0 Å². The number of benzene rings is 2. The van der Waals surface area contributed by atoms with Crippen LogP contribution < -0.4 is 4.74 Å². The fraction of sp³-hybridized carbons (Fsp3) is 0.304. The largest absolute Gasteiger partial charge is 0.494 e. The van der Waals surface area contributed by atoms with E-state index < -0.39 is 0 Å². The molecule has 0 N–H and O–H groups in total. The number of aryl methyl sites for hydroxylation is 1. The Hall–Kier alpha value is -2.56. The van der Waals surface area contributed by atoms with Gasteiger partial charge in [0.2, 0.25) is 0 Å². The maximum absolute atomic E-state index is 6.04. The fourth-order valence-corrected chi connectivity index (χ4v) is 3.50. The molecular formula is C23H26N2O2. The van der Waals surface area contributed by atoms with Gasteiger partial charge >= 0.3 is 0 Å². The van der Waals surface area contributed by atoms with Crippen molar-refractivity contribution in [1.82, 2.24) is 9.47 Å². The van der Waals surface area contributed by atoms with Crippen LogP contribution in [-0.2, 0) is 11.3 Å². The lowest BCUT2D eigenvalue weighted by molar-refractivity contribution is 0.0288. The number of hydrogen-bond donors (Lipinski definition) is 0. The highest BCUT2D eigenvalue weighted by molar-refractivity contribution is 5.39. The Labute approximate surface area is 161 Å². The minimum atomic E-state index is 0.00949. The molecule has 3 aromatic rings. The lowest BCUT2D eigenvalue weighted by Crippen LogP contribution is -2.23. The van der Waals surface area contributed by atoms with Crippen molar-refractivity contribution < 1.29 is 9.47 Å². The van der Waals surface area contributed by atoms with Crippen LogP contribution in [0.1, 0.15) is 29.8 Å². The number of nitrogens with zero attached hydrogens (tertiary/aromatic N) is 2. The summed E-state index contributed by atoms with van der Waals surface area (Å²) in [5.41, 5.74) is 4.92. The molecule has 4 rings (SSSR count). The van der Waals surface area contributed by atoms with Crippen molar-refractivity contribution in [3.8, 4) is 11.4 Å². The van der Waals surface area contributed by atoms with E-state index in [1.807, 2.05) is 19.1 Å². The summed E-state index contributed by atoms with van der Waals surface area (Å²) < 4.78 is 13.7. The van der Waals surface area contributed by atoms with Crippen LogP contribution in [0.4, 0.5) is 0 Å². The molecule has 0 aliphatic carbocycles. The number of hydrogen-bond acceptors (Lipinski definition) is 3. The monoisotopic (exact) mass is 362 g/mol. The van der Waals surface area contributed by atoms with Gasteiger partial charge in [-0.2, -0.15) is 0 Å². The molecule has 1 fully saturated rings. The summed E-state index contributed by atoms with van der Waals surface area (Å²) in [7, 11) is 0. The van der Waals surface area contributed by atoms with Gasteiger partial charge in [0.1, 0.15) is 12.0 Å². The summed E-state index contributed by atoms with van der Waals surface area (Å²) in [6, 6.07) is 19.1. The average Bonchev–Trinajstić information content (AvgIpc) is 3.34. The van der Waals surface area contributed by atoms with Gasteiger partial charge in [-0.05, 0) is 49.7 Å². The molecular weight excluding hydrogens is 336 g/mol. The molecule has 1 atom stereocenters. The fourth-order valence-electron chi connectivity index (χ4n) is 3.50. The van der Waals surface area contributed by atoms with Gasteiger partial charge in [-0.1, -0.05) is 29.8 Å². The molecule has 0 amide bonds. The van der Waals surface area contributed by atoms with E-state index in [2.05, 4.69) is 71.2 Å².